The summed E-state index contributed by atoms with van der Waals surface area (Å²) in [4.78, 5) is 36.7. The van der Waals surface area contributed by atoms with Crippen molar-refractivity contribution in [2.45, 2.75) is 20.8 Å². The number of benzene rings is 1. The van der Waals surface area contributed by atoms with Gasteiger partial charge in [0.1, 0.15) is 10.7 Å². The van der Waals surface area contributed by atoms with Gasteiger partial charge >= 0.3 is 5.97 Å². The Morgan fingerprint density at radius 2 is 2.00 bits per heavy atom. The zero-order valence-electron chi connectivity index (χ0n) is 16.7. The van der Waals surface area contributed by atoms with E-state index in [-0.39, 0.29) is 17.9 Å². The standard InChI is InChI=1S/C19H23N3O6S/c1-5-28-19(24)16-11(2)12(3)29-18(16)21-17(23)13-6-7-14(20-8-9-27-4)15(10-13)22(25)26/h6-7,10,20H,5,8-9H2,1-4H3,(H,21,23). The molecule has 0 aliphatic rings. The summed E-state index contributed by atoms with van der Waals surface area (Å²) in [5.74, 6) is -1.07. The molecular weight excluding hydrogens is 398 g/mol. The highest BCUT2D eigenvalue weighted by atomic mass is 32.1. The number of methoxy groups -OCH3 is 1. The average Bonchev–Trinajstić information content (AvgIpc) is 2.95. The lowest BCUT2D eigenvalue weighted by molar-refractivity contribution is -0.384. The predicted molar refractivity (Wildman–Crippen MR) is 111 cm³/mol. The number of rotatable bonds is 9. The van der Waals surface area contributed by atoms with Crippen LogP contribution in [0.5, 0.6) is 0 Å². The third kappa shape index (κ3) is 5.30. The molecule has 1 aromatic carbocycles. The minimum Gasteiger partial charge on any atom is -0.462 e. The molecule has 1 heterocycles. The summed E-state index contributed by atoms with van der Waals surface area (Å²) in [6.45, 7) is 6.30. The third-order valence-corrected chi connectivity index (χ3v) is 5.29. The zero-order chi connectivity index (χ0) is 21.6. The summed E-state index contributed by atoms with van der Waals surface area (Å²) in [6, 6.07) is 4.15. The van der Waals surface area contributed by atoms with Crippen LogP contribution in [0.3, 0.4) is 0 Å². The Kier molecular flexibility index (Phi) is 7.68. The molecule has 156 valence electrons. The van der Waals surface area contributed by atoms with Crippen molar-refractivity contribution in [3.05, 3.63) is 49.9 Å². The van der Waals surface area contributed by atoms with Crippen molar-refractivity contribution in [3.8, 4) is 0 Å². The number of hydrogen-bond acceptors (Lipinski definition) is 8. The Morgan fingerprint density at radius 1 is 1.28 bits per heavy atom. The Labute approximate surface area is 172 Å². The van der Waals surface area contributed by atoms with E-state index in [2.05, 4.69) is 10.6 Å². The molecule has 0 spiro atoms. The van der Waals surface area contributed by atoms with Crippen molar-refractivity contribution in [3.63, 3.8) is 0 Å². The third-order valence-electron chi connectivity index (χ3n) is 4.17. The van der Waals surface area contributed by atoms with Crippen molar-refractivity contribution in [2.24, 2.45) is 0 Å². The van der Waals surface area contributed by atoms with Crippen LogP contribution in [0.25, 0.3) is 0 Å². The molecule has 2 rings (SSSR count). The molecule has 0 bridgehead atoms. The highest BCUT2D eigenvalue weighted by Gasteiger charge is 2.23. The maximum absolute atomic E-state index is 12.7. The van der Waals surface area contributed by atoms with E-state index in [0.29, 0.717) is 29.4 Å². The van der Waals surface area contributed by atoms with Crippen LogP contribution in [0.2, 0.25) is 0 Å². The van der Waals surface area contributed by atoms with Gasteiger partial charge in [0, 0.05) is 30.2 Å². The second-order valence-corrected chi connectivity index (χ2v) is 7.30. The molecule has 9 nitrogen and oxygen atoms in total. The number of carbonyl (C=O) groups excluding carboxylic acids is 2. The molecule has 29 heavy (non-hydrogen) atoms. The van der Waals surface area contributed by atoms with Gasteiger partial charge in [-0.25, -0.2) is 4.79 Å². The molecule has 0 radical (unpaired) electrons. The number of nitro groups is 1. The molecule has 0 saturated carbocycles. The Morgan fingerprint density at radius 3 is 2.62 bits per heavy atom. The highest BCUT2D eigenvalue weighted by molar-refractivity contribution is 7.16. The number of carbonyl (C=O) groups is 2. The topological polar surface area (TPSA) is 120 Å². The number of nitrogens with one attached hydrogen (secondary N) is 2. The SMILES string of the molecule is CCOC(=O)c1c(NC(=O)c2ccc(NCCOC)c([N+](=O)[O-])c2)sc(C)c1C. The van der Waals surface area contributed by atoms with E-state index >= 15 is 0 Å². The van der Waals surface area contributed by atoms with E-state index in [1.165, 1.54) is 36.6 Å². The molecule has 0 aliphatic heterocycles. The van der Waals surface area contributed by atoms with Crippen LogP contribution in [0.4, 0.5) is 16.4 Å². The largest absolute Gasteiger partial charge is 0.462 e. The van der Waals surface area contributed by atoms with E-state index in [9.17, 15) is 19.7 Å². The molecule has 0 aliphatic carbocycles. The fraction of sp³-hybridized carbons (Fsp3) is 0.368. The number of esters is 1. The first kappa shape index (κ1) is 22.3. The van der Waals surface area contributed by atoms with E-state index in [0.717, 1.165) is 10.4 Å². The lowest BCUT2D eigenvalue weighted by atomic mass is 10.1. The number of nitrogens with zero attached hydrogens (tertiary/aromatic N) is 1. The molecular formula is C19H23N3O6S. The van der Waals surface area contributed by atoms with Crippen molar-refractivity contribution in [1.82, 2.24) is 0 Å². The number of nitro benzene ring substituents is 1. The van der Waals surface area contributed by atoms with E-state index in [4.69, 9.17) is 9.47 Å². The fourth-order valence-corrected chi connectivity index (χ4v) is 3.64. The van der Waals surface area contributed by atoms with Crippen molar-refractivity contribution in [2.75, 3.05) is 37.5 Å². The van der Waals surface area contributed by atoms with Gasteiger partial charge in [0.2, 0.25) is 0 Å². The van der Waals surface area contributed by atoms with Gasteiger partial charge in [0.05, 0.1) is 23.7 Å². The van der Waals surface area contributed by atoms with Crippen molar-refractivity contribution < 1.29 is 24.0 Å². The first-order chi connectivity index (χ1) is 13.8. The van der Waals surface area contributed by atoms with Crippen LogP contribution < -0.4 is 10.6 Å². The van der Waals surface area contributed by atoms with Gasteiger partial charge in [-0.2, -0.15) is 0 Å². The quantitative estimate of drug-likeness (QED) is 0.274. The van der Waals surface area contributed by atoms with Gasteiger partial charge in [-0.15, -0.1) is 11.3 Å². The summed E-state index contributed by atoms with van der Waals surface area (Å²) < 4.78 is 9.99. The first-order valence-corrected chi connectivity index (χ1v) is 9.71. The van der Waals surface area contributed by atoms with Gasteiger partial charge in [0.25, 0.3) is 11.6 Å². The van der Waals surface area contributed by atoms with Crippen LogP contribution in [-0.4, -0.2) is 43.7 Å². The van der Waals surface area contributed by atoms with Gasteiger partial charge in [-0.1, -0.05) is 0 Å². The van der Waals surface area contributed by atoms with Crippen LogP contribution in [0, 0.1) is 24.0 Å². The van der Waals surface area contributed by atoms with Gasteiger partial charge in [0.15, 0.2) is 0 Å². The number of aryl methyl sites for hydroxylation is 1. The number of anilines is 2. The summed E-state index contributed by atoms with van der Waals surface area (Å²) in [6.07, 6.45) is 0. The lowest BCUT2D eigenvalue weighted by Gasteiger charge is -2.09. The maximum Gasteiger partial charge on any atom is 0.341 e. The molecule has 0 unspecified atom stereocenters. The minimum atomic E-state index is -0.560. The summed E-state index contributed by atoms with van der Waals surface area (Å²) in [7, 11) is 1.53. The predicted octanol–water partition coefficient (Wildman–Crippen LogP) is 3.76. The summed E-state index contributed by atoms with van der Waals surface area (Å²) in [5.41, 5.74) is 1.20. The second kappa shape index (κ2) is 9.99. The van der Waals surface area contributed by atoms with Crippen LogP contribution in [-0.2, 0) is 9.47 Å². The van der Waals surface area contributed by atoms with E-state index in [1.54, 1.807) is 13.8 Å². The Hall–Kier alpha value is -2.98. The van der Waals surface area contributed by atoms with Crippen LogP contribution in [0.1, 0.15) is 38.1 Å². The van der Waals surface area contributed by atoms with E-state index in [1.807, 2.05) is 6.92 Å². The highest BCUT2D eigenvalue weighted by Crippen LogP contribution is 2.34. The van der Waals surface area contributed by atoms with Gasteiger partial charge < -0.3 is 20.1 Å². The zero-order valence-corrected chi connectivity index (χ0v) is 17.5. The first-order valence-electron chi connectivity index (χ1n) is 8.89. The second-order valence-electron chi connectivity index (χ2n) is 6.07. The van der Waals surface area contributed by atoms with Crippen LogP contribution >= 0.6 is 11.3 Å². The van der Waals surface area contributed by atoms with Crippen LogP contribution in [0.15, 0.2) is 18.2 Å². The summed E-state index contributed by atoms with van der Waals surface area (Å²) in [5, 5.41) is 17.3. The number of thiophene rings is 1. The molecule has 2 N–H and O–H groups in total. The molecule has 10 heteroatoms. The normalized spacial score (nSPS) is 10.5. The molecule has 1 amide bonds. The number of ether oxygens (including phenoxy) is 2. The molecule has 0 atom stereocenters. The molecule has 2 aromatic rings. The summed E-state index contributed by atoms with van der Waals surface area (Å²) >= 11 is 1.25. The maximum atomic E-state index is 12.7. The molecule has 0 saturated heterocycles. The van der Waals surface area contributed by atoms with Gasteiger partial charge in [-0.3, -0.25) is 14.9 Å². The smallest absolute Gasteiger partial charge is 0.341 e. The van der Waals surface area contributed by atoms with Crippen molar-refractivity contribution in [1.29, 1.82) is 0 Å². The monoisotopic (exact) mass is 421 g/mol. The van der Waals surface area contributed by atoms with Gasteiger partial charge in [-0.05, 0) is 38.5 Å². The number of hydrogen-bond donors (Lipinski definition) is 2. The minimum absolute atomic E-state index is 0.104. The number of amides is 1. The lowest BCUT2D eigenvalue weighted by Crippen LogP contribution is -2.15. The fourth-order valence-electron chi connectivity index (χ4n) is 2.60. The van der Waals surface area contributed by atoms with Crippen molar-refractivity contribution >= 4 is 39.6 Å². The van der Waals surface area contributed by atoms with E-state index < -0.39 is 16.8 Å². The molecule has 0 fully saturated rings. The Balaban J connectivity index is 2.29. The average molecular weight is 421 g/mol. The molecule has 1 aromatic heterocycles. The Bertz CT molecular complexity index is 925.